The van der Waals surface area contributed by atoms with Crippen LogP contribution < -0.4 is 10.2 Å². The number of rotatable bonds is 5. The van der Waals surface area contributed by atoms with Crippen molar-refractivity contribution in [1.82, 2.24) is 5.43 Å². The first-order chi connectivity index (χ1) is 10.1. The van der Waals surface area contributed by atoms with Gasteiger partial charge in [-0.2, -0.15) is 5.10 Å². The first kappa shape index (κ1) is 15.7. The number of hydrogen-bond donors (Lipinski definition) is 1. The Hall–Kier alpha value is -1.66. The van der Waals surface area contributed by atoms with Gasteiger partial charge in [0.1, 0.15) is 5.75 Å². The van der Waals surface area contributed by atoms with E-state index in [0.29, 0.717) is 5.75 Å². The second kappa shape index (κ2) is 7.38. The van der Waals surface area contributed by atoms with Crippen LogP contribution in [0.2, 0.25) is 0 Å². The number of nitrogens with zero attached hydrogens (tertiary/aromatic N) is 1. The number of carbonyl (C=O) groups is 1. The number of benzene rings is 1. The molecule has 2 aromatic rings. The van der Waals surface area contributed by atoms with E-state index >= 15 is 0 Å². The minimum Gasteiger partial charge on any atom is -0.483 e. The summed E-state index contributed by atoms with van der Waals surface area (Å²) in [5, 5.41) is 5.90. The van der Waals surface area contributed by atoms with E-state index in [1.54, 1.807) is 17.6 Å². The van der Waals surface area contributed by atoms with Gasteiger partial charge in [-0.1, -0.05) is 6.07 Å². The van der Waals surface area contributed by atoms with Crippen molar-refractivity contribution < 1.29 is 9.53 Å². The minimum atomic E-state index is -0.298. The van der Waals surface area contributed by atoms with Gasteiger partial charge in [0.2, 0.25) is 0 Å². The molecule has 0 bridgehead atoms. The highest BCUT2D eigenvalue weighted by atomic mass is 79.9. The molecule has 4 nitrogen and oxygen atoms in total. The number of hydrazone groups is 1. The Kier molecular flexibility index (Phi) is 5.52. The summed E-state index contributed by atoms with van der Waals surface area (Å²) < 4.78 is 6.26. The molecule has 0 unspecified atom stereocenters. The van der Waals surface area contributed by atoms with Crippen LogP contribution in [0.15, 0.2) is 39.2 Å². The number of amides is 1. The third-order valence-electron chi connectivity index (χ3n) is 2.72. The van der Waals surface area contributed by atoms with Crippen LogP contribution in [-0.4, -0.2) is 18.7 Å². The van der Waals surface area contributed by atoms with Crippen LogP contribution in [0.3, 0.4) is 0 Å². The molecule has 0 fully saturated rings. The highest BCUT2D eigenvalue weighted by molar-refractivity contribution is 9.10. The summed E-state index contributed by atoms with van der Waals surface area (Å²) in [5.41, 5.74) is 4.70. The van der Waals surface area contributed by atoms with Crippen LogP contribution in [0, 0.1) is 13.8 Å². The highest BCUT2D eigenvalue weighted by Gasteiger charge is 2.05. The van der Waals surface area contributed by atoms with Gasteiger partial charge in [-0.15, -0.1) is 11.3 Å². The maximum atomic E-state index is 11.6. The Bertz CT molecular complexity index is 667. The quantitative estimate of drug-likeness (QED) is 0.648. The molecule has 0 aliphatic rings. The third kappa shape index (κ3) is 4.68. The molecule has 2 rings (SSSR count). The number of hydrogen-bond acceptors (Lipinski definition) is 4. The van der Waals surface area contributed by atoms with Crippen LogP contribution in [0.25, 0.3) is 0 Å². The predicted octanol–water partition coefficient (Wildman–Crippen LogP) is 3.66. The van der Waals surface area contributed by atoms with Crippen molar-refractivity contribution in [1.29, 1.82) is 0 Å². The molecule has 1 aromatic carbocycles. The molecule has 0 saturated carbocycles. The fourth-order valence-corrected chi connectivity index (χ4v) is 2.97. The molecular weight excluding hydrogens is 352 g/mol. The van der Waals surface area contributed by atoms with E-state index in [2.05, 4.69) is 26.5 Å². The summed E-state index contributed by atoms with van der Waals surface area (Å²) >= 11 is 4.98. The van der Waals surface area contributed by atoms with Crippen LogP contribution in [0.1, 0.15) is 16.0 Å². The van der Waals surface area contributed by atoms with E-state index in [1.807, 2.05) is 43.5 Å². The van der Waals surface area contributed by atoms with Gasteiger partial charge in [0.15, 0.2) is 6.61 Å². The molecule has 110 valence electrons. The smallest absolute Gasteiger partial charge is 0.277 e. The summed E-state index contributed by atoms with van der Waals surface area (Å²) in [6, 6.07) is 7.69. The lowest BCUT2D eigenvalue weighted by atomic mass is 10.2. The molecule has 0 aliphatic carbocycles. The molecule has 1 amide bonds. The first-order valence-electron chi connectivity index (χ1n) is 6.31. The molecule has 21 heavy (non-hydrogen) atoms. The normalized spacial score (nSPS) is 10.8. The Morgan fingerprint density at radius 1 is 1.43 bits per heavy atom. The van der Waals surface area contributed by atoms with Crippen LogP contribution in [0.4, 0.5) is 0 Å². The molecule has 0 spiro atoms. The molecule has 1 aromatic heterocycles. The zero-order valence-corrected chi connectivity index (χ0v) is 14.1. The number of nitrogens with one attached hydrogen (secondary N) is 1. The van der Waals surface area contributed by atoms with Gasteiger partial charge in [0.25, 0.3) is 5.91 Å². The van der Waals surface area contributed by atoms with Gasteiger partial charge < -0.3 is 4.74 Å². The van der Waals surface area contributed by atoms with E-state index < -0.39 is 0 Å². The molecule has 6 heteroatoms. The molecule has 1 heterocycles. The number of halogens is 1. The van der Waals surface area contributed by atoms with Crippen molar-refractivity contribution in [2.24, 2.45) is 5.10 Å². The Labute approximate surface area is 136 Å². The standard InChI is InChI=1S/C15H15BrN2O2S/c1-10-3-4-13(12(16)7-10)20-9-15(19)18-17-8-14-11(2)5-6-21-14/h3-8H,9H2,1-2H3,(H,18,19)/b17-8+. The van der Waals surface area contributed by atoms with E-state index in [1.165, 1.54) is 0 Å². The van der Waals surface area contributed by atoms with E-state index in [-0.39, 0.29) is 12.5 Å². The lowest BCUT2D eigenvalue weighted by Gasteiger charge is -2.07. The van der Waals surface area contributed by atoms with Gasteiger partial charge in [0, 0.05) is 4.88 Å². The van der Waals surface area contributed by atoms with E-state index in [4.69, 9.17) is 4.74 Å². The van der Waals surface area contributed by atoms with Gasteiger partial charge in [-0.25, -0.2) is 5.43 Å². The van der Waals surface area contributed by atoms with Crippen molar-refractivity contribution in [3.8, 4) is 5.75 Å². The van der Waals surface area contributed by atoms with Crippen molar-refractivity contribution >= 4 is 39.4 Å². The minimum absolute atomic E-state index is 0.0809. The number of aryl methyl sites for hydroxylation is 2. The van der Waals surface area contributed by atoms with Gasteiger partial charge in [-0.3, -0.25) is 4.79 Å². The Balaban J connectivity index is 1.82. The van der Waals surface area contributed by atoms with E-state index in [9.17, 15) is 4.79 Å². The Morgan fingerprint density at radius 2 is 2.24 bits per heavy atom. The zero-order valence-electron chi connectivity index (χ0n) is 11.7. The molecule has 0 atom stereocenters. The monoisotopic (exact) mass is 366 g/mol. The summed E-state index contributed by atoms with van der Waals surface area (Å²) in [5.74, 6) is 0.335. The fourth-order valence-electron chi connectivity index (χ4n) is 1.58. The van der Waals surface area contributed by atoms with Crippen LogP contribution >= 0.6 is 27.3 Å². The Morgan fingerprint density at radius 3 is 2.90 bits per heavy atom. The molecular formula is C15H15BrN2O2S. The van der Waals surface area contributed by atoms with Crippen molar-refractivity contribution in [2.75, 3.05) is 6.61 Å². The topological polar surface area (TPSA) is 50.7 Å². The fraction of sp³-hybridized carbons (Fsp3) is 0.200. The maximum absolute atomic E-state index is 11.6. The van der Waals surface area contributed by atoms with Gasteiger partial charge in [-0.05, 0) is 64.5 Å². The summed E-state index contributed by atoms with van der Waals surface area (Å²) in [6.45, 7) is 3.91. The average Bonchev–Trinajstić information content (AvgIpc) is 2.83. The van der Waals surface area contributed by atoms with Gasteiger partial charge in [0.05, 0.1) is 10.7 Å². The lowest BCUT2D eigenvalue weighted by molar-refractivity contribution is -0.123. The second-order valence-electron chi connectivity index (χ2n) is 4.48. The average molecular weight is 367 g/mol. The van der Waals surface area contributed by atoms with Crippen LogP contribution in [-0.2, 0) is 4.79 Å². The second-order valence-corrected chi connectivity index (χ2v) is 6.29. The number of carbonyl (C=O) groups excluding carboxylic acids is 1. The van der Waals surface area contributed by atoms with Gasteiger partial charge >= 0.3 is 0 Å². The summed E-state index contributed by atoms with van der Waals surface area (Å²) in [6.07, 6.45) is 1.64. The third-order valence-corrected chi connectivity index (χ3v) is 4.29. The van der Waals surface area contributed by atoms with Crippen molar-refractivity contribution in [3.63, 3.8) is 0 Å². The number of ether oxygens (including phenoxy) is 1. The van der Waals surface area contributed by atoms with Crippen LogP contribution in [0.5, 0.6) is 5.75 Å². The van der Waals surface area contributed by atoms with E-state index in [0.717, 1.165) is 20.5 Å². The summed E-state index contributed by atoms with van der Waals surface area (Å²) in [4.78, 5) is 12.7. The van der Waals surface area contributed by atoms with Crippen molar-refractivity contribution in [3.05, 3.63) is 50.1 Å². The molecule has 0 radical (unpaired) electrons. The molecule has 0 aliphatic heterocycles. The summed E-state index contributed by atoms with van der Waals surface area (Å²) in [7, 11) is 0. The van der Waals surface area contributed by atoms with Crippen molar-refractivity contribution in [2.45, 2.75) is 13.8 Å². The molecule has 1 N–H and O–H groups in total. The highest BCUT2D eigenvalue weighted by Crippen LogP contribution is 2.25. The first-order valence-corrected chi connectivity index (χ1v) is 7.98. The predicted molar refractivity (Wildman–Crippen MR) is 89.2 cm³/mol. The SMILES string of the molecule is Cc1ccc(OCC(=O)N/N=C/c2sccc2C)c(Br)c1. The molecule has 0 saturated heterocycles. The largest absolute Gasteiger partial charge is 0.483 e. The lowest BCUT2D eigenvalue weighted by Crippen LogP contribution is -2.24. The maximum Gasteiger partial charge on any atom is 0.277 e. The zero-order chi connectivity index (χ0) is 15.2. The number of thiophene rings is 1.